The first kappa shape index (κ1) is 17.9. The van der Waals surface area contributed by atoms with Gasteiger partial charge in [0, 0.05) is 45.7 Å². The maximum absolute atomic E-state index is 10.5. The molecule has 0 spiro atoms. The van der Waals surface area contributed by atoms with Gasteiger partial charge in [0.05, 0.1) is 30.0 Å². The van der Waals surface area contributed by atoms with Gasteiger partial charge in [-0.3, -0.25) is 9.80 Å². The molecule has 5 heteroatoms. The molecule has 5 nitrogen and oxygen atoms in total. The Morgan fingerprint density at radius 1 is 1.12 bits per heavy atom. The van der Waals surface area contributed by atoms with Crippen molar-refractivity contribution in [2.24, 2.45) is 0 Å². The van der Waals surface area contributed by atoms with E-state index in [-0.39, 0.29) is 0 Å². The van der Waals surface area contributed by atoms with Gasteiger partial charge in [0.2, 0.25) is 0 Å². The summed E-state index contributed by atoms with van der Waals surface area (Å²) in [4.78, 5) is 9.21. The zero-order chi connectivity index (χ0) is 17.8. The molecular formula is C20H28N4O. The molecule has 0 radical (unpaired) electrons. The molecule has 25 heavy (non-hydrogen) atoms. The van der Waals surface area contributed by atoms with Crippen LogP contribution >= 0.6 is 0 Å². The van der Waals surface area contributed by atoms with Crippen LogP contribution in [-0.4, -0.2) is 69.8 Å². The van der Waals surface area contributed by atoms with E-state index in [1.165, 1.54) is 11.1 Å². The van der Waals surface area contributed by atoms with Crippen molar-refractivity contribution in [1.29, 1.82) is 0 Å². The number of fused-ring (bicyclic) bond motifs is 1. The number of piperazine rings is 1. The summed E-state index contributed by atoms with van der Waals surface area (Å²) >= 11 is 0. The maximum atomic E-state index is 10.5. The molecule has 3 rings (SSSR count). The van der Waals surface area contributed by atoms with Crippen LogP contribution in [-0.2, 0) is 6.54 Å². The molecule has 1 aromatic carbocycles. The second-order valence-corrected chi connectivity index (χ2v) is 7.07. The number of aliphatic hydroxyl groups is 1. The molecule has 1 unspecified atom stereocenters. The predicted octanol–water partition coefficient (Wildman–Crippen LogP) is 1.65. The first-order valence-corrected chi connectivity index (χ1v) is 9.05. The topological polar surface area (TPSA) is 44.5 Å². The number of hydrogen-bond donors (Lipinski definition) is 1. The average Bonchev–Trinajstić information content (AvgIpc) is 2.96. The lowest BCUT2D eigenvalue weighted by Crippen LogP contribution is -2.49. The quantitative estimate of drug-likeness (QED) is 0.812. The Bertz CT molecular complexity index is 753. The van der Waals surface area contributed by atoms with Gasteiger partial charge < -0.3 is 9.67 Å². The van der Waals surface area contributed by atoms with E-state index < -0.39 is 6.10 Å². The number of aromatic nitrogens is 2. The lowest BCUT2D eigenvalue weighted by Gasteiger charge is -2.35. The summed E-state index contributed by atoms with van der Waals surface area (Å²) < 4.78 is 2.07. The normalized spacial score (nSPS) is 17.7. The molecule has 2 heterocycles. The molecular weight excluding hydrogens is 312 g/mol. The zero-order valence-corrected chi connectivity index (χ0v) is 15.3. The highest BCUT2D eigenvalue weighted by Crippen LogP contribution is 2.18. The lowest BCUT2D eigenvalue weighted by atomic mass is 10.1. The molecule has 0 aliphatic carbocycles. The Kier molecular flexibility index (Phi) is 5.74. The standard InChI is InChI=1S/C20H28N4O/c1-4-5-6-22-7-9-23(10-8-22)13-18(25)14-24-15-21-19-11-16(2)17(3)12-20(19)24/h1,11-12,15,18,25H,5-10,13-14H2,2-3H3. The minimum absolute atomic E-state index is 0.392. The van der Waals surface area contributed by atoms with Crippen molar-refractivity contribution in [3.63, 3.8) is 0 Å². The molecule has 1 aromatic heterocycles. The third-order valence-corrected chi connectivity index (χ3v) is 5.15. The maximum Gasteiger partial charge on any atom is 0.0959 e. The van der Waals surface area contributed by atoms with Crippen molar-refractivity contribution in [1.82, 2.24) is 19.4 Å². The molecule has 0 saturated carbocycles. The van der Waals surface area contributed by atoms with Gasteiger partial charge in [0.25, 0.3) is 0 Å². The van der Waals surface area contributed by atoms with Gasteiger partial charge in [-0.2, -0.15) is 0 Å². The number of imidazole rings is 1. The molecule has 1 fully saturated rings. The largest absolute Gasteiger partial charge is 0.390 e. The molecule has 1 N–H and O–H groups in total. The first-order valence-electron chi connectivity index (χ1n) is 9.05. The number of aryl methyl sites for hydroxylation is 2. The van der Waals surface area contributed by atoms with Crippen molar-refractivity contribution in [2.45, 2.75) is 32.9 Å². The highest BCUT2D eigenvalue weighted by molar-refractivity contribution is 5.77. The number of benzene rings is 1. The third kappa shape index (κ3) is 4.40. The van der Waals surface area contributed by atoms with E-state index in [1.807, 2.05) is 6.33 Å². The van der Waals surface area contributed by atoms with Gasteiger partial charge in [-0.15, -0.1) is 12.3 Å². The fourth-order valence-electron chi connectivity index (χ4n) is 3.46. The van der Waals surface area contributed by atoms with E-state index in [0.29, 0.717) is 13.1 Å². The van der Waals surface area contributed by atoms with Crippen LogP contribution in [0.2, 0.25) is 0 Å². The highest BCUT2D eigenvalue weighted by atomic mass is 16.3. The molecule has 2 aromatic rings. The Morgan fingerprint density at radius 2 is 1.80 bits per heavy atom. The SMILES string of the molecule is C#CCCN1CCN(CC(O)Cn2cnc3cc(C)c(C)cc32)CC1. The van der Waals surface area contributed by atoms with Crippen molar-refractivity contribution in [3.8, 4) is 12.3 Å². The summed E-state index contributed by atoms with van der Waals surface area (Å²) in [6, 6.07) is 4.28. The van der Waals surface area contributed by atoms with Crippen LogP contribution in [0.25, 0.3) is 11.0 Å². The fraction of sp³-hybridized carbons (Fsp3) is 0.550. The number of nitrogens with zero attached hydrogens (tertiary/aromatic N) is 4. The monoisotopic (exact) mass is 340 g/mol. The number of aliphatic hydroxyl groups excluding tert-OH is 1. The van der Waals surface area contributed by atoms with Crippen molar-refractivity contribution < 1.29 is 5.11 Å². The van der Waals surface area contributed by atoms with Gasteiger partial charge in [0.1, 0.15) is 0 Å². The smallest absolute Gasteiger partial charge is 0.0959 e. The van der Waals surface area contributed by atoms with E-state index in [4.69, 9.17) is 6.42 Å². The van der Waals surface area contributed by atoms with Crippen molar-refractivity contribution in [3.05, 3.63) is 29.6 Å². The summed E-state index contributed by atoms with van der Waals surface area (Å²) in [7, 11) is 0. The number of rotatable bonds is 6. The number of terminal acetylenes is 1. The Labute approximate surface area is 150 Å². The summed E-state index contributed by atoms with van der Waals surface area (Å²) in [6.45, 7) is 10.5. The van der Waals surface area contributed by atoms with Crippen molar-refractivity contribution in [2.75, 3.05) is 39.3 Å². The summed E-state index contributed by atoms with van der Waals surface area (Å²) in [5, 5.41) is 10.5. The van der Waals surface area contributed by atoms with E-state index in [9.17, 15) is 5.11 Å². The highest BCUT2D eigenvalue weighted by Gasteiger charge is 2.19. The molecule has 1 aliphatic rings. The minimum atomic E-state index is -0.392. The van der Waals surface area contributed by atoms with Crippen LogP contribution in [0, 0.1) is 26.2 Å². The van der Waals surface area contributed by atoms with E-state index in [0.717, 1.165) is 50.2 Å². The molecule has 1 saturated heterocycles. The predicted molar refractivity (Wildman–Crippen MR) is 102 cm³/mol. The number of β-amino-alcohol motifs (C(OH)–C–C–N with tert-alkyl or cyclic N) is 1. The second-order valence-electron chi connectivity index (χ2n) is 7.07. The minimum Gasteiger partial charge on any atom is -0.390 e. The first-order chi connectivity index (χ1) is 12.1. The van der Waals surface area contributed by atoms with Crippen LogP contribution in [0.3, 0.4) is 0 Å². The average molecular weight is 340 g/mol. The van der Waals surface area contributed by atoms with Gasteiger partial charge in [-0.1, -0.05) is 0 Å². The lowest BCUT2D eigenvalue weighted by molar-refractivity contribution is 0.0656. The summed E-state index contributed by atoms with van der Waals surface area (Å²) in [5.74, 6) is 2.70. The molecule has 0 bridgehead atoms. The molecule has 1 atom stereocenters. The van der Waals surface area contributed by atoms with Crippen LogP contribution in [0.4, 0.5) is 0 Å². The Hall–Kier alpha value is -1.87. The zero-order valence-electron chi connectivity index (χ0n) is 15.3. The van der Waals surface area contributed by atoms with Crippen molar-refractivity contribution >= 4 is 11.0 Å². The number of hydrogen-bond acceptors (Lipinski definition) is 4. The Morgan fingerprint density at radius 3 is 2.52 bits per heavy atom. The Balaban J connectivity index is 1.54. The summed E-state index contributed by atoms with van der Waals surface area (Å²) in [5.41, 5.74) is 4.60. The van der Waals surface area contributed by atoms with Crippen LogP contribution in [0.15, 0.2) is 18.5 Å². The van der Waals surface area contributed by atoms with Crippen LogP contribution in [0.5, 0.6) is 0 Å². The van der Waals surface area contributed by atoms with Gasteiger partial charge in [-0.25, -0.2) is 4.98 Å². The second kappa shape index (κ2) is 8.01. The van der Waals surface area contributed by atoms with E-state index in [2.05, 4.69) is 51.3 Å². The fourth-order valence-corrected chi connectivity index (χ4v) is 3.46. The van der Waals surface area contributed by atoms with Crippen LogP contribution in [0.1, 0.15) is 17.5 Å². The van der Waals surface area contributed by atoms with Gasteiger partial charge >= 0.3 is 0 Å². The molecule has 0 amide bonds. The van der Waals surface area contributed by atoms with Gasteiger partial charge in [-0.05, 0) is 37.1 Å². The van der Waals surface area contributed by atoms with Crippen LogP contribution < -0.4 is 0 Å². The molecule has 1 aliphatic heterocycles. The van der Waals surface area contributed by atoms with E-state index >= 15 is 0 Å². The molecule has 134 valence electrons. The van der Waals surface area contributed by atoms with E-state index in [1.54, 1.807) is 0 Å². The third-order valence-electron chi connectivity index (χ3n) is 5.15. The van der Waals surface area contributed by atoms with Gasteiger partial charge in [0.15, 0.2) is 0 Å². The summed E-state index contributed by atoms with van der Waals surface area (Å²) in [6.07, 6.45) is 7.59.